The van der Waals surface area contributed by atoms with E-state index in [0.717, 1.165) is 23.3 Å². The van der Waals surface area contributed by atoms with E-state index in [4.69, 9.17) is 23.2 Å². The third-order valence-electron chi connectivity index (χ3n) is 5.56. The number of hydrogen-bond donors (Lipinski definition) is 1. The van der Waals surface area contributed by atoms with E-state index in [1.54, 1.807) is 24.3 Å². The maximum atomic E-state index is 12.8. The molecule has 1 N–H and O–H groups in total. The Balaban J connectivity index is 1.50. The number of benzene rings is 3. The summed E-state index contributed by atoms with van der Waals surface area (Å²) < 4.78 is 40.8. The fourth-order valence-electron chi connectivity index (χ4n) is 3.99. The van der Waals surface area contributed by atoms with Crippen molar-refractivity contribution >= 4 is 34.9 Å². The minimum Gasteiger partial charge on any atom is -0.406 e. The van der Waals surface area contributed by atoms with Gasteiger partial charge in [0.1, 0.15) is 11.8 Å². The summed E-state index contributed by atoms with van der Waals surface area (Å²) >= 11 is 12.1. The molecule has 0 aliphatic carbocycles. The van der Waals surface area contributed by atoms with Gasteiger partial charge < -0.3 is 10.1 Å². The summed E-state index contributed by atoms with van der Waals surface area (Å²) in [5, 5.41) is 3.85. The number of ketones is 1. The van der Waals surface area contributed by atoms with E-state index in [9.17, 15) is 22.8 Å². The summed E-state index contributed by atoms with van der Waals surface area (Å²) in [4.78, 5) is 27.4. The van der Waals surface area contributed by atoms with E-state index in [2.05, 4.69) is 10.1 Å². The molecular formula is C25H19Cl2F3N2O3. The van der Waals surface area contributed by atoms with Crippen molar-refractivity contribution in [3.8, 4) is 5.75 Å². The zero-order valence-electron chi connectivity index (χ0n) is 18.1. The molecule has 4 rings (SSSR count). The highest BCUT2D eigenvalue weighted by Gasteiger charge is 2.37. The minimum absolute atomic E-state index is 0.0965. The largest absolute Gasteiger partial charge is 0.573 e. The van der Waals surface area contributed by atoms with E-state index in [-0.39, 0.29) is 30.5 Å². The average molecular weight is 523 g/mol. The van der Waals surface area contributed by atoms with E-state index in [1.807, 2.05) is 29.2 Å². The Bertz CT molecular complexity index is 1160. The van der Waals surface area contributed by atoms with Crippen LogP contribution in [0.15, 0.2) is 72.8 Å². The lowest BCUT2D eigenvalue weighted by Gasteiger charge is -2.28. The van der Waals surface area contributed by atoms with E-state index in [1.165, 1.54) is 12.1 Å². The molecule has 1 aliphatic heterocycles. The molecule has 0 saturated carbocycles. The number of nitrogens with one attached hydrogen (secondary N) is 1. The Morgan fingerprint density at radius 1 is 0.914 bits per heavy atom. The lowest BCUT2D eigenvalue weighted by atomic mass is 9.97. The molecule has 0 spiro atoms. The van der Waals surface area contributed by atoms with Crippen LogP contribution >= 0.6 is 23.2 Å². The van der Waals surface area contributed by atoms with Crippen molar-refractivity contribution in [2.75, 3.05) is 13.1 Å². The number of carbonyl (C=O) groups excluding carboxylic acids is 2. The number of ether oxygens (including phenoxy) is 1. The first kappa shape index (κ1) is 25.0. The standard InChI is InChI=1S/C25H19Cl2F3N2O3/c26-18-7-1-15(2-8-18)23(16-3-9-19(27)10-4-16)32-13-21(22(33)14-32)31-24(34)17-5-11-20(12-6-17)35-25(28,29)30/h1-12,21,23H,13-14H2,(H,31,34). The molecule has 1 amide bonds. The second-order valence-corrected chi connectivity index (χ2v) is 8.87. The van der Waals surface area contributed by atoms with Crippen LogP contribution < -0.4 is 10.1 Å². The molecule has 1 saturated heterocycles. The summed E-state index contributed by atoms with van der Waals surface area (Å²) in [6.45, 7) is 0.342. The molecule has 182 valence electrons. The van der Waals surface area contributed by atoms with Crippen molar-refractivity contribution in [3.05, 3.63) is 99.5 Å². The predicted molar refractivity (Wildman–Crippen MR) is 126 cm³/mol. The number of carbonyl (C=O) groups is 2. The summed E-state index contributed by atoms with van der Waals surface area (Å²) in [5.74, 6) is -1.19. The molecule has 3 aromatic carbocycles. The number of likely N-dealkylation sites (tertiary alicyclic amines) is 1. The van der Waals surface area contributed by atoms with E-state index in [0.29, 0.717) is 10.0 Å². The van der Waals surface area contributed by atoms with Crippen molar-refractivity contribution in [2.45, 2.75) is 18.4 Å². The third kappa shape index (κ3) is 6.33. The van der Waals surface area contributed by atoms with Gasteiger partial charge in [-0.3, -0.25) is 14.5 Å². The summed E-state index contributed by atoms with van der Waals surface area (Å²) in [6, 6.07) is 18.0. The van der Waals surface area contributed by atoms with Gasteiger partial charge in [-0.05, 0) is 59.7 Å². The molecule has 35 heavy (non-hydrogen) atoms. The number of alkyl halides is 3. The second-order valence-electron chi connectivity index (χ2n) is 8.00. The average Bonchev–Trinajstić information content (AvgIpc) is 3.15. The highest BCUT2D eigenvalue weighted by atomic mass is 35.5. The van der Waals surface area contributed by atoms with Gasteiger partial charge in [0.05, 0.1) is 12.6 Å². The molecule has 1 aliphatic rings. The monoisotopic (exact) mass is 522 g/mol. The van der Waals surface area contributed by atoms with Crippen LogP contribution in [0.1, 0.15) is 27.5 Å². The van der Waals surface area contributed by atoms with Gasteiger partial charge in [0.15, 0.2) is 5.78 Å². The Morgan fingerprint density at radius 2 is 1.43 bits per heavy atom. The number of rotatable bonds is 6. The zero-order chi connectivity index (χ0) is 25.2. The molecule has 1 unspecified atom stereocenters. The first-order valence-corrected chi connectivity index (χ1v) is 11.3. The number of amides is 1. The maximum Gasteiger partial charge on any atom is 0.573 e. The highest BCUT2D eigenvalue weighted by molar-refractivity contribution is 6.30. The molecule has 0 radical (unpaired) electrons. The Morgan fingerprint density at radius 3 is 1.91 bits per heavy atom. The van der Waals surface area contributed by atoms with Gasteiger partial charge in [0, 0.05) is 22.2 Å². The van der Waals surface area contributed by atoms with Gasteiger partial charge in [0.25, 0.3) is 5.91 Å². The summed E-state index contributed by atoms with van der Waals surface area (Å²) in [7, 11) is 0. The van der Waals surface area contributed by atoms with E-state index < -0.39 is 24.1 Å². The SMILES string of the molecule is O=C(NC1CN(C(c2ccc(Cl)cc2)c2ccc(Cl)cc2)CC1=O)c1ccc(OC(F)(F)F)cc1. The molecule has 0 aromatic heterocycles. The topological polar surface area (TPSA) is 58.6 Å². The van der Waals surface area contributed by atoms with Crippen LogP contribution in [0.5, 0.6) is 5.75 Å². The van der Waals surface area contributed by atoms with Gasteiger partial charge in [-0.1, -0.05) is 47.5 Å². The van der Waals surface area contributed by atoms with Gasteiger partial charge in [-0.2, -0.15) is 0 Å². The lowest BCUT2D eigenvalue weighted by molar-refractivity contribution is -0.274. The number of Topliss-reactive ketones (excluding diaryl/α,β-unsaturated/α-hetero) is 1. The fourth-order valence-corrected chi connectivity index (χ4v) is 4.24. The van der Waals surface area contributed by atoms with Crippen molar-refractivity contribution in [1.82, 2.24) is 10.2 Å². The van der Waals surface area contributed by atoms with Crippen molar-refractivity contribution in [2.24, 2.45) is 0 Å². The molecule has 0 bridgehead atoms. The van der Waals surface area contributed by atoms with Crippen LogP contribution in [0.3, 0.4) is 0 Å². The number of hydrogen-bond acceptors (Lipinski definition) is 4. The van der Waals surface area contributed by atoms with Crippen molar-refractivity contribution in [3.63, 3.8) is 0 Å². The third-order valence-corrected chi connectivity index (χ3v) is 6.06. The van der Waals surface area contributed by atoms with Gasteiger partial charge in [-0.25, -0.2) is 0 Å². The van der Waals surface area contributed by atoms with Crippen LogP contribution in [-0.4, -0.2) is 42.1 Å². The first-order chi connectivity index (χ1) is 16.6. The fraction of sp³-hybridized carbons (Fsp3) is 0.200. The minimum atomic E-state index is -4.83. The second kappa shape index (κ2) is 10.3. The molecular weight excluding hydrogens is 504 g/mol. The van der Waals surface area contributed by atoms with Crippen LogP contribution in [0.2, 0.25) is 10.0 Å². The molecule has 1 heterocycles. The van der Waals surface area contributed by atoms with Gasteiger partial charge in [-0.15, -0.1) is 13.2 Å². The van der Waals surface area contributed by atoms with Crippen molar-refractivity contribution < 1.29 is 27.5 Å². The smallest absolute Gasteiger partial charge is 0.406 e. The molecule has 5 nitrogen and oxygen atoms in total. The quantitative estimate of drug-likeness (QED) is 0.453. The Labute approximate surface area is 209 Å². The maximum absolute atomic E-state index is 12.8. The van der Waals surface area contributed by atoms with Gasteiger partial charge >= 0.3 is 6.36 Å². The molecule has 1 atom stereocenters. The molecule has 3 aromatic rings. The van der Waals surface area contributed by atoms with Crippen LogP contribution in [-0.2, 0) is 4.79 Å². The van der Waals surface area contributed by atoms with Crippen molar-refractivity contribution in [1.29, 1.82) is 0 Å². The Kier molecular flexibility index (Phi) is 7.35. The van der Waals surface area contributed by atoms with Crippen LogP contribution in [0.25, 0.3) is 0 Å². The molecule has 1 fully saturated rings. The number of halogens is 5. The van der Waals surface area contributed by atoms with Crippen LogP contribution in [0.4, 0.5) is 13.2 Å². The number of nitrogens with zero attached hydrogens (tertiary/aromatic N) is 1. The molecule has 10 heteroatoms. The zero-order valence-corrected chi connectivity index (χ0v) is 19.6. The first-order valence-electron chi connectivity index (χ1n) is 10.5. The van der Waals surface area contributed by atoms with Crippen LogP contribution in [0, 0.1) is 0 Å². The van der Waals surface area contributed by atoms with Gasteiger partial charge in [0.2, 0.25) is 0 Å². The normalized spacial score (nSPS) is 16.5. The predicted octanol–water partition coefficient (Wildman–Crippen LogP) is 5.66. The summed E-state index contributed by atoms with van der Waals surface area (Å²) in [5.41, 5.74) is 1.94. The Hall–Kier alpha value is -3.07. The lowest BCUT2D eigenvalue weighted by Crippen LogP contribution is -2.41. The highest BCUT2D eigenvalue weighted by Crippen LogP contribution is 2.32. The summed E-state index contributed by atoms with van der Waals surface area (Å²) in [6.07, 6.45) is -4.83. The van der Waals surface area contributed by atoms with E-state index >= 15 is 0 Å².